The minimum atomic E-state index is -4.88. The van der Waals surface area contributed by atoms with Gasteiger partial charge in [-0.25, -0.2) is 13.8 Å². The molecule has 4 nitrogen and oxygen atoms in total. The van der Waals surface area contributed by atoms with Crippen molar-refractivity contribution in [2.24, 2.45) is 7.05 Å². The first-order chi connectivity index (χ1) is 10.5. The molecule has 0 aliphatic heterocycles. The summed E-state index contributed by atoms with van der Waals surface area (Å²) in [5, 5.41) is 0.0705. The minimum absolute atomic E-state index is 0.0705. The van der Waals surface area contributed by atoms with Crippen molar-refractivity contribution < 1.29 is 17.6 Å². The van der Waals surface area contributed by atoms with Crippen LogP contribution in [0.25, 0.3) is 5.69 Å². The van der Waals surface area contributed by atoms with Crippen LogP contribution < -0.4 is 11.2 Å². The third kappa shape index (κ3) is 3.03. The van der Waals surface area contributed by atoms with Crippen LogP contribution in [0.2, 0.25) is 5.02 Å². The SMILES string of the molecule is Cc1c(I)c(Cl)cc(F)c1-n1c(=O)cc(C(F)(F)F)n(C)c1=O. The predicted molar refractivity (Wildman–Crippen MR) is 84.7 cm³/mol. The van der Waals surface area contributed by atoms with E-state index in [2.05, 4.69) is 0 Å². The molecular weight excluding hydrogens is 455 g/mol. The van der Waals surface area contributed by atoms with Crippen molar-refractivity contribution in [3.63, 3.8) is 0 Å². The zero-order valence-electron chi connectivity index (χ0n) is 11.6. The van der Waals surface area contributed by atoms with E-state index in [1.807, 2.05) is 0 Å². The zero-order chi connectivity index (χ0) is 17.7. The van der Waals surface area contributed by atoms with Crippen molar-refractivity contribution in [1.82, 2.24) is 9.13 Å². The molecule has 0 aliphatic carbocycles. The Kier molecular flexibility index (Phi) is 4.64. The van der Waals surface area contributed by atoms with E-state index >= 15 is 0 Å². The van der Waals surface area contributed by atoms with Gasteiger partial charge in [-0.2, -0.15) is 13.2 Å². The van der Waals surface area contributed by atoms with Crippen LogP contribution in [0.15, 0.2) is 21.7 Å². The summed E-state index contributed by atoms with van der Waals surface area (Å²) < 4.78 is 53.6. The summed E-state index contributed by atoms with van der Waals surface area (Å²) in [5.74, 6) is -0.980. The van der Waals surface area contributed by atoms with Gasteiger partial charge in [-0.3, -0.25) is 9.36 Å². The summed E-state index contributed by atoms with van der Waals surface area (Å²) >= 11 is 7.59. The molecule has 0 aliphatic rings. The fourth-order valence-corrected chi connectivity index (χ4v) is 2.73. The Balaban J connectivity index is 2.94. The third-order valence-electron chi connectivity index (χ3n) is 3.21. The van der Waals surface area contributed by atoms with Crippen LogP contribution in [0.3, 0.4) is 0 Å². The zero-order valence-corrected chi connectivity index (χ0v) is 14.5. The molecule has 1 aromatic carbocycles. The molecule has 0 bridgehead atoms. The van der Waals surface area contributed by atoms with Crippen LogP contribution in [-0.4, -0.2) is 9.13 Å². The molecule has 0 saturated heterocycles. The average Bonchev–Trinajstić information content (AvgIpc) is 2.42. The average molecular weight is 463 g/mol. The van der Waals surface area contributed by atoms with E-state index in [4.69, 9.17) is 11.6 Å². The number of rotatable bonds is 1. The van der Waals surface area contributed by atoms with Crippen LogP contribution >= 0.6 is 34.2 Å². The molecule has 0 unspecified atom stereocenters. The lowest BCUT2D eigenvalue weighted by Crippen LogP contribution is -2.41. The molecule has 0 spiro atoms. The summed E-state index contributed by atoms with van der Waals surface area (Å²) in [6.45, 7) is 1.41. The van der Waals surface area contributed by atoms with Crippen molar-refractivity contribution in [1.29, 1.82) is 0 Å². The van der Waals surface area contributed by atoms with Crippen LogP contribution in [0.5, 0.6) is 0 Å². The fraction of sp³-hybridized carbons (Fsp3) is 0.231. The summed E-state index contributed by atoms with van der Waals surface area (Å²) in [4.78, 5) is 24.2. The Labute approximate surface area is 145 Å². The van der Waals surface area contributed by atoms with Gasteiger partial charge in [0.2, 0.25) is 0 Å². The van der Waals surface area contributed by atoms with Crippen molar-refractivity contribution in [3.8, 4) is 5.69 Å². The van der Waals surface area contributed by atoms with Gasteiger partial charge in [0, 0.05) is 16.7 Å². The third-order valence-corrected chi connectivity index (χ3v) is 5.22. The van der Waals surface area contributed by atoms with Crippen LogP contribution in [-0.2, 0) is 13.2 Å². The maximum Gasteiger partial charge on any atom is 0.431 e. The summed E-state index contributed by atoms with van der Waals surface area (Å²) in [5.41, 5.74) is -4.23. The van der Waals surface area contributed by atoms with Crippen molar-refractivity contribution in [2.45, 2.75) is 13.1 Å². The number of benzene rings is 1. The van der Waals surface area contributed by atoms with Gasteiger partial charge in [0.15, 0.2) is 0 Å². The highest BCUT2D eigenvalue weighted by Gasteiger charge is 2.35. The normalized spacial score (nSPS) is 11.8. The van der Waals surface area contributed by atoms with E-state index < -0.39 is 34.6 Å². The first-order valence-electron chi connectivity index (χ1n) is 6.01. The molecule has 2 rings (SSSR count). The largest absolute Gasteiger partial charge is 0.431 e. The second-order valence-electron chi connectivity index (χ2n) is 4.67. The molecule has 10 heteroatoms. The van der Waals surface area contributed by atoms with Crippen molar-refractivity contribution >= 4 is 34.2 Å². The first-order valence-corrected chi connectivity index (χ1v) is 7.47. The highest BCUT2D eigenvalue weighted by Crippen LogP contribution is 2.30. The van der Waals surface area contributed by atoms with Gasteiger partial charge in [-0.15, -0.1) is 0 Å². The molecule has 0 fully saturated rings. The maximum atomic E-state index is 14.2. The lowest BCUT2D eigenvalue weighted by atomic mass is 10.2. The second-order valence-corrected chi connectivity index (χ2v) is 6.16. The van der Waals surface area contributed by atoms with Gasteiger partial charge in [0.25, 0.3) is 5.56 Å². The Morgan fingerprint density at radius 1 is 1.22 bits per heavy atom. The number of aromatic nitrogens is 2. The first kappa shape index (κ1) is 18.0. The van der Waals surface area contributed by atoms with E-state index in [9.17, 15) is 27.2 Å². The monoisotopic (exact) mass is 462 g/mol. The van der Waals surface area contributed by atoms with E-state index in [0.717, 1.165) is 13.1 Å². The number of hydrogen-bond acceptors (Lipinski definition) is 2. The van der Waals surface area contributed by atoms with Gasteiger partial charge in [0.05, 0.1) is 10.7 Å². The smallest absolute Gasteiger partial charge is 0.292 e. The Morgan fingerprint density at radius 3 is 2.30 bits per heavy atom. The van der Waals surface area contributed by atoms with Crippen LogP contribution in [0.4, 0.5) is 17.6 Å². The molecule has 0 amide bonds. The lowest BCUT2D eigenvalue weighted by Gasteiger charge is -2.16. The topological polar surface area (TPSA) is 44.0 Å². The van der Waals surface area contributed by atoms with Gasteiger partial charge < -0.3 is 0 Å². The second kappa shape index (κ2) is 5.93. The van der Waals surface area contributed by atoms with Crippen molar-refractivity contribution in [3.05, 3.63) is 58.6 Å². The van der Waals surface area contributed by atoms with Crippen LogP contribution in [0.1, 0.15) is 11.3 Å². The molecule has 0 N–H and O–H groups in total. The van der Waals surface area contributed by atoms with E-state index in [-0.39, 0.29) is 21.2 Å². The molecule has 0 atom stereocenters. The molecular formula is C13H8ClF4IN2O2. The number of nitrogens with zero attached hydrogens (tertiary/aromatic N) is 2. The minimum Gasteiger partial charge on any atom is -0.292 e. The summed E-state index contributed by atoms with van der Waals surface area (Å²) in [7, 11) is 0.856. The van der Waals surface area contributed by atoms with E-state index in [0.29, 0.717) is 8.14 Å². The van der Waals surface area contributed by atoms with Gasteiger partial charge in [-0.1, -0.05) is 11.6 Å². The highest BCUT2D eigenvalue weighted by atomic mass is 127. The van der Waals surface area contributed by atoms with Crippen molar-refractivity contribution in [2.75, 3.05) is 0 Å². The number of halogens is 6. The Bertz CT molecular complexity index is 918. The molecule has 0 radical (unpaired) electrons. The Morgan fingerprint density at radius 2 is 1.78 bits per heavy atom. The molecule has 1 heterocycles. The van der Waals surface area contributed by atoms with Crippen LogP contribution in [0, 0.1) is 16.3 Å². The number of hydrogen-bond donors (Lipinski definition) is 0. The standard InChI is InChI=1S/C13H8ClF4IN2O2/c1-5-10(19)6(14)3-7(15)11(5)21-9(22)4-8(13(16,17)18)20(2)12(21)23/h3-4H,1-2H3. The molecule has 2 aromatic rings. The van der Waals surface area contributed by atoms with E-state index in [1.54, 1.807) is 22.6 Å². The van der Waals surface area contributed by atoms with Gasteiger partial charge in [0.1, 0.15) is 11.5 Å². The predicted octanol–water partition coefficient (Wildman–Crippen LogP) is 3.26. The molecule has 0 saturated carbocycles. The Hall–Kier alpha value is -1.36. The molecule has 124 valence electrons. The van der Waals surface area contributed by atoms with E-state index in [1.165, 1.54) is 6.92 Å². The fourth-order valence-electron chi connectivity index (χ4n) is 2.08. The summed E-state index contributed by atoms with van der Waals surface area (Å²) in [6, 6.07) is 1.15. The van der Waals surface area contributed by atoms with Gasteiger partial charge >= 0.3 is 11.9 Å². The number of alkyl halides is 3. The molecule has 23 heavy (non-hydrogen) atoms. The quantitative estimate of drug-likeness (QED) is 0.371. The van der Waals surface area contributed by atoms with Gasteiger partial charge in [-0.05, 0) is 41.1 Å². The maximum absolute atomic E-state index is 14.2. The molecule has 1 aromatic heterocycles. The lowest BCUT2D eigenvalue weighted by molar-refractivity contribution is -0.144. The summed E-state index contributed by atoms with van der Waals surface area (Å²) in [6.07, 6.45) is -4.88. The highest BCUT2D eigenvalue weighted by molar-refractivity contribution is 14.1.